The zero-order valence-electron chi connectivity index (χ0n) is 10.8. The average Bonchev–Trinajstić information content (AvgIpc) is 3.09. The lowest BCUT2D eigenvalue weighted by molar-refractivity contribution is 0.394. The first-order valence-corrected chi connectivity index (χ1v) is 7.76. The number of hydrogen-bond acceptors (Lipinski definition) is 3. The number of anilines is 1. The zero-order chi connectivity index (χ0) is 13.3. The Hall–Kier alpha value is -1.07. The summed E-state index contributed by atoms with van der Waals surface area (Å²) < 4.78 is 26.2. The molecule has 0 spiro atoms. The van der Waals surface area contributed by atoms with E-state index >= 15 is 0 Å². The molecule has 1 fully saturated rings. The van der Waals surface area contributed by atoms with Crippen molar-refractivity contribution in [2.75, 3.05) is 5.73 Å². The highest BCUT2D eigenvalue weighted by Crippen LogP contribution is 2.32. The van der Waals surface area contributed by atoms with Gasteiger partial charge in [0.1, 0.15) is 0 Å². The van der Waals surface area contributed by atoms with E-state index in [4.69, 9.17) is 5.73 Å². The van der Waals surface area contributed by atoms with Crippen LogP contribution in [-0.2, 0) is 16.6 Å². The largest absolute Gasteiger partial charge is 0.399 e. The van der Waals surface area contributed by atoms with Crippen molar-refractivity contribution >= 4 is 15.7 Å². The average molecular weight is 268 g/mol. The summed E-state index contributed by atoms with van der Waals surface area (Å²) in [4.78, 5) is 0. The van der Waals surface area contributed by atoms with Crippen molar-refractivity contribution in [3.05, 3.63) is 29.8 Å². The molecule has 1 aliphatic rings. The molecular formula is C13H20N2O2S. The van der Waals surface area contributed by atoms with Crippen molar-refractivity contribution in [1.82, 2.24) is 4.31 Å². The quantitative estimate of drug-likeness (QED) is 0.830. The normalized spacial score (nSPS) is 16.4. The monoisotopic (exact) mass is 268 g/mol. The maximum Gasteiger partial charge on any atom is 0.216 e. The van der Waals surface area contributed by atoms with E-state index in [0.29, 0.717) is 12.2 Å². The molecule has 100 valence electrons. The molecule has 0 bridgehead atoms. The van der Waals surface area contributed by atoms with Gasteiger partial charge in [0, 0.05) is 18.3 Å². The van der Waals surface area contributed by atoms with Crippen LogP contribution < -0.4 is 5.73 Å². The van der Waals surface area contributed by atoms with Gasteiger partial charge in [-0.3, -0.25) is 0 Å². The van der Waals surface area contributed by atoms with E-state index in [-0.39, 0.29) is 11.3 Å². The van der Waals surface area contributed by atoms with Gasteiger partial charge in [-0.1, -0.05) is 12.1 Å². The van der Waals surface area contributed by atoms with Crippen LogP contribution in [0, 0.1) is 0 Å². The van der Waals surface area contributed by atoms with E-state index in [1.165, 1.54) is 0 Å². The summed E-state index contributed by atoms with van der Waals surface area (Å²) in [7, 11) is -3.19. The molecule has 2 rings (SSSR count). The Morgan fingerprint density at radius 2 is 2.06 bits per heavy atom. The van der Waals surface area contributed by atoms with Crippen molar-refractivity contribution in [3.8, 4) is 0 Å². The van der Waals surface area contributed by atoms with Crippen LogP contribution in [0.5, 0.6) is 0 Å². The molecule has 1 aliphatic carbocycles. The third-order valence-corrected chi connectivity index (χ3v) is 5.44. The van der Waals surface area contributed by atoms with E-state index in [2.05, 4.69) is 0 Å². The van der Waals surface area contributed by atoms with E-state index in [0.717, 1.165) is 18.4 Å². The van der Waals surface area contributed by atoms with E-state index in [1.54, 1.807) is 18.2 Å². The number of nitrogen functional groups attached to an aromatic ring is 1. The molecule has 18 heavy (non-hydrogen) atoms. The summed E-state index contributed by atoms with van der Waals surface area (Å²) in [5.41, 5.74) is 7.35. The van der Waals surface area contributed by atoms with Crippen LogP contribution in [0.1, 0.15) is 32.3 Å². The number of nitrogens with two attached hydrogens (primary N) is 1. The molecular weight excluding hydrogens is 248 g/mol. The van der Waals surface area contributed by atoms with Crippen molar-refractivity contribution in [2.45, 2.75) is 44.5 Å². The second-order valence-corrected chi connectivity index (χ2v) is 7.56. The van der Waals surface area contributed by atoms with E-state index < -0.39 is 10.0 Å². The van der Waals surface area contributed by atoms with Gasteiger partial charge in [-0.25, -0.2) is 8.42 Å². The van der Waals surface area contributed by atoms with Gasteiger partial charge in [-0.15, -0.1) is 0 Å². The fourth-order valence-electron chi connectivity index (χ4n) is 1.93. The van der Waals surface area contributed by atoms with Gasteiger partial charge < -0.3 is 5.73 Å². The molecule has 0 atom stereocenters. The molecule has 0 unspecified atom stereocenters. The van der Waals surface area contributed by atoms with Crippen LogP contribution in [0.25, 0.3) is 0 Å². The zero-order valence-corrected chi connectivity index (χ0v) is 11.7. The Labute approximate surface area is 109 Å². The van der Waals surface area contributed by atoms with Crippen molar-refractivity contribution in [1.29, 1.82) is 0 Å². The predicted molar refractivity (Wildman–Crippen MR) is 73.5 cm³/mol. The highest BCUT2D eigenvalue weighted by molar-refractivity contribution is 7.89. The lowest BCUT2D eigenvalue weighted by Crippen LogP contribution is -2.37. The second kappa shape index (κ2) is 4.90. The Kier molecular flexibility index (Phi) is 3.64. The fourth-order valence-corrected chi connectivity index (χ4v) is 3.43. The van der Waals surface area contributed by atoms with Crippen LogP contribution in [0.4, 0.5) is 5.69 Å². The van der Waals surface area contributed by atoms with Gasteiger partial charge in [0.25, 0.3) is 0 Å². The van der Waals surface area contributed by atoms with E-state index in [9.17, 15) is 8.42 Å². The summed E-state index contributed by atoms with van der Waals surface area (Å²) in [6, 6.07) is 7.60. The van der Waals surface area contributed by atoms with Gasteiger partial charge in [-0.2, -0.15) is 4.31 Å². The van der Waals surface area contributed by atoms with Crippen LogP contribution in [0.3, 0.4) is 0 Å². The Morgan fingerprint density at radius 1 is 1.39 bits per heavy atom. The standard InChI is InChI=1S/C13H20N2O2S/c1-10(2)18(16,17)15(13-6-7-13)9-11-4-3-5-12(14)8-11/h3-5,8,10,13H,6-7,9,14H2,1-2H3. The topological polar surface area (TPSA) is 63.4 Å². The maximum absolute atomic E-state index is 12.3. The fraction of sp³-hybridized carbons (Fsp3) is 0.538. The van der Waals surface area contributed by atoms with Crippen LogP contribution in [-0.4, -0.2) is 24.0 Å². The number of hydrogen-bond donors (Lipinski definition) is 1. The maximum atomic E-state index is 12.3. The van der Waals surface area contributed by atoms with Crippen LogP contribution in [0.15, 0.2) is 24.3 Å². The first-order chi connectivity index (χ1) is 8.41. The molecule has 0 amide bonds. The number of rotatable bonds is 5. The summed E-state index contributed by atoms with van der Waals surface area (Å²) in [5.74, 6) is 0. The Balaban J connectivity index is 2.22. The number of benzene rings is 1. The first kappa shape index (κ1) is 13.4. The SMILES string of the molecule is CC(C)S(=O)(=O)N(Cc1cccc(N)c1)C1CC1. The van der Waals surface area contributed by atoms with Crippen LogP contribution >= 0.6 is 0 Å². The first-order valence-electron chi connectivity index (χ1n) is 6.26. The summed E-state index contributed by atoms with van der Waals surface area (Å²) in [6.45, 7) is 3.88. The Bertz CT molecular complexity index is 522. The highest BCUT2D eigenvalue weighted by Gasteiger charge is 2.38. The third kappa shape index (κ3) is 2.84. The van der Waals surface area contributed by atoms with Gasteiger partial charge in [0.2, 0.25) is 10.0 Å². The summed E-state index contributed by atoms with van der Waals surface area (Å²) in [6.07, 6.45) is 1.93. The molecule has 0 saturated heterocycles. The molecule has 4 nitrogen and oxygen atoms in total. The lowest BCUT2D eigenvalue weighted by atomic mass is 10.2. The van der Waals surface area contributed by atoms with Crippen molar-refractivity contribution < 1.29 is 8.42 Å². The van der Waals surface area contributed by atoms with Gasteiger partial charge >= 0.3 is 0 Å². The van der Waals surface area contributed by atoms with Crippen LogP contribution in [0.2, 0.25) is 0 Å². The van der Waals surface area contributed by atoms with Gasteiger partial charge in [0.15, 0.2) is 0 Å². The summed E-state index contributed by atoms with van der Waals surface area (Å²) in [5, 5.41) is -0.376. The van der Waals surface area contributed by atoms with Gasteiger partial charge in [0.05, 0.1) is 5.25 Å². The van der Waals surface area contributed by atoms with Gasteiger partial charge in [-0.05, 0) is 44.4 Å². The molecule has 0 aliphatic heterocycles. The number of nitrogens with zero attached hydrogens (tertiary/aromatic N) is 1. The number of sulfonamides is 1. The minimum atomic E-state index is -3.19. The molecule has 5 heteroatoms. The smallest absolute Gasteiger partial charge is 0.216 e. The van der Waals surface area contributed by atoms with E-state index in [1.807, 2.05) is 24.3 Å². The minimum Gasteiger partial charge on any atom is -0.399 e. The Morgan fingerprint density at radius 3 is 2.56 bits per heavy atom. The molecule has 2 N–H and O–H groups in total. The molecule has 0 radical (unpaired) electrons. The third-order valence-electron chi connectivity index (χ3n) is 3.17. The predicted octanol–water partition coefficient (Wildman–Crippen LogP) is 1.97. The highest BCUT2D eigenvalue weighted by atomic mass is 32.2. The van der Waals surface area contributed by atoms with Crippen molar-refractivity contribution in [2.24, 2.45) is 0 Å². The molecule has 0 aromatic heterocycles. The molecule has 1 aromatic carbocycles. The molecule has 1 saturated carbocycles. The minimum absolute atomic E-state index is 0.179. The van der Waals surface area contributed by atoms with Crippen molar-refractivity contribution in [3.63, 3.8) is 0 Å². The second-order valence-electron chi connectivity index (χ2n) is 5.12. The molecule has 1 aromatic rings. The summed E-state index contributed by atoms with van der Waals surface area (Å²) >= 11 is 0. The molecule has 0 heterocycles. The lowest BCUT2D eigenvalue weighted by Gasteiger charge is -2.24.